The number of fused-ring (bicyclic) bond motifs is 1. The molecule has 0 saturated heterocycles. The Morgan fingerprint density at radius 1 is 1.35 bits per heavy atom. The molecule has 7 heteroatoms. The molecule has 0 unspecified atom stereocenters. The van der Waals surface area contributed by atoms with Gasteiger partial charge in [-0.05, 0) is 6.42 Å². The van der Waals surface area contributed by atoms with Crippen molar-refractivity contribution in [3.05, 3.63) is 24.3 Å². The van der Waals surface area contributed by atoms with Crippen LogP contribution in [0.15, 0.2) is 18.5 Å². The lowest BCUT2D eigenvalue weighted by Crippen LogP contribution is -2.02. The first-order chi connectivity index (χ1) is 7.74. The summed E-state index contributed by atoms with van der Waals surface area (Å²) >= 11 is 0. The molecule has 2 heterocycles. The highest BCUT2D eigenvalue weighted by Crippen LogP contribution is 2.28. The number of rotatable bonds is 1. The number of nitrogens with one attached hydrogen (secondary N) is 1. The number of H-pyrrole nitrogens is 1. The number of aliphatic hydroxyl groups excluding tert-OH is 1. The maximum atomic E-state index is 9.41. The molecule has 0 fully saturated rings. The Balaban J connectivity index is 0.00000108. The van der Waals surface area contributed by atoms with Gasteiger partial charge in [-0.3, -0.25) is 0 Å². The highest BCUT2D eigenvalue weighted by atomic mass is 35.5. The summed E-state index contributed by atoms with van der Waals surface area (Å²) in [5, 5.41) is 9.41. The zero-order chi connectivity index (χ0) is 11.1. The standard InChI is InChI=1S/C10H11N5O.ClH/c11-8-7-10(13-4-12-8)15-9(14-7)5-1-2-6(16)3-5;/h1-2,4-6,16H,3H2,(H3,11,12,13,14,15);1H/t5-,6+;/m0./s1. The summed E-state index contributed by atoms with van der Waals surface area (Å²) in [5.41, 5.74) is 6.93. The van der Waals surface area contributed by atoms with Crippen molar-refractivity contribution in [2.75, 3.05) is 5.73 Å². The van der Waals surface area contributed by atoms with Crippen molar-refractivity contribution in [1.29, 1.82) is 0 Å². The first kappa shape index (κ1) is 11.8. The minimum absolute atomic E-state index is 0. The minimum Gasteiger partial charge on any atom is -0.389 e. The van der Waals surface area contributed by atoms with Crippen molar-refractivity contribution in [1.82, 2.24) is 19.9 Å². The third-order valence-electron chi connectivity index (χ3n) is 2.75. The SMILES string of the molecule is Cl.Nc1ncnc2nc([C@H]3C=C[C@@H](O)C3)[nH]c12. The lowest BCUT2D eigenvalue weighted by molar-refractivity contribution is 0.217. The molecule has 0 amide bonds. The highest BCUT2D eigenvalue weighted by Gasteiger charge is 2.22. The average molecular weight is 254 g/mol. The van der Waals surface area contributed by atoms with E-state index in [1.165, 1.54) is 6.33 Å². The van der Waals surface area contributed by atoms with Gasteiger partial charge in [-0.2, -0.15) is 0 Å². The van der Waals surface area contributed by atoms with Crippen molar-refractivity contribution >= 4 is 29.4 Å². The van der Waals surface area contributed by atoms with Gasteiger partial charge >= 0.3 is 0 Å². The molecule has 0 spiro atoms. The first-order valence-electron chi connectivity index (χ1n) is 5.06. The van der Waals surface area contributed by atoms with Crippen LogP contribution in [0.3, 0.4) is 0 Å². The molecule has 6 nitrogen and oxygen atoms in total. The third-order valence-corrected chi connectivity index (χ3v) is 2.75. The summed E-state index contributed by atoms with van der Waals surface area (Å²) in [6.07, 6.45) is 5.36. The second-order valence-electron chi connectivity index (χ2n) is 3.87. The van der Waals surface area contributed by atoms with E-state index in [4.69, 9.17) is 5.73 Å². The molecule has 2 aromatic heterocycles. The van der Waals surface area contributed by atoms with Gasteiger partial charge in [0.2, 0.25) is 0 Å². The maximum Gasteiger partial charge on any atom is 0.183 e. The lowest BCUT2D eigenvalue weighted by atomic mass is 10.1. The van der Waals surface area contributed by atoms with Crippen LogP contribution in [0.2, 0.25) is 0 Å². The predicted octanol–water partition coefficient (Wildman–Crippen LogP) is 0.761. The predicted molar refractivity (Wildman–Crippen MR) is 65.8 cm³/mol. The number of nitrogen functional groups attached to an aromatic ring is 1. The molecule has 2 aromatic rings. The van der Waals surface area contributed by atoms with Gasteiger partial charge in [-0.1, -0.05) is 12.2 Å². The summed E-state index contributed by atoms with van der Waals surface area (Å²) in [4.78, 5) is 15.4. The first-order valence-corrected chi connectivity index (χ1v) is 5.06. The van der Waals surface area contributed by atoms with Gasteiger partial charge in [0.25, 0.3) is 0 Å². The average Bonchev–Trinajstić information content (AvgIpc) is 2.84. The monoisotopic (exact) mass is 253 g/mol. The quantitative estimate of drug-likeness (QED) is 0.652. The van der Waals surface area contributed by atoms with E-state index < -0.39 is 0 Å². The molecule has 0 bridgehead atoms. The Bertz CT molecular complexity index is 567. The maximum absolute atomic E-state index is 9.41. The van der Waals surface area contributed by atoms with Crippen molar-refractivity contribution in [3.8, 4) is 0 Å². The molecule has 17 heavy (non-hydrogen) atoms. The largest absolute Gasteiger partial charge is 0.389 e. The Kier molecular flexibility index (Phi) is 2.99. The molecule has 3 rings (SSSR count). The number of anilines is 1. The third kappa shape index (κ3) is 1.96. The fourth-order valence-electron chi connectivity index (χ4n) is 1.92. The molecule has 1 aliphatic carbocycles. The van der Waals surface area contributed by atoms with E-state index in [2.05, 4.69) is 19.9 Å². The molecule has 1 aliphatic rings. The van der Waals surface area contributed by atoms with Gasteiger partial charge in [-0.15, -0.1) is 12.4 Å². The van der Waals surface area contributed by atoms with Gasteiger partial charge in [-0.25, -0.2) is 15.0 Å². The van der Waals surface area contributed by atoms with E-state index in [1.54, 1.807) is 6.08 Å². The summed E-state index contributed by atoms with van der Waals surface area (Å²) in [7, 11) is 0. The molecule has 0 radical (unpaired) electrons. The second kappa shape index (κ2) is 4.31. The lowest BCUT2D eigenvalue weighted by Gasteiger charge is -2.03. The summed E-state index contributed by atoms with van der Waals surface area (Å²) in [6, 6.07) is 0. The van der Waals surface area contributed by atoms with Crippen LogP contribution in [0.1, 0.15) is 18.2 Å². The Hall–Kier alpha value is -1.66. The molecule has 2 atom stereocenters. The number of hydrogen-bond donors (Lipinski definition) is 3. The second-order valence-corrected chi connectivity index (χ2v) is 3.87. The van der Waals surface area contributed by atoms with Crippen molar-refractivity contribution in [3.63, 3.8) is 0 Å². The van der Waals surface area contributed by atoms with Gasteiger partial charge in [0.15, 0.2) is 11.5 Å². The van der Waals surface area contributed by atoms with Crippen LogP contribution in [0.4, 0.5) is 5.82 Å². The molecule has 0 aliphatic heterocycles. The molecule has 4 N–H and O–H groups in total. The molecule has 90 valence electrons. The Labute approximate surface area is 103 Å². The van der Waals surface area contributed by atoms with E-state index >= 15 is 0 Å². The zero-order valence-corrected chi connectivity index (χ0v) is 9.68. The van der Waals surface area contributed by atoms with E-state index in [-0.39, 0.29) is 24.4 Å². The van der Waals surface area contributed by atoms with Crippen LogP contribution < -0.4 is 5.73 Å². The summed E-state index contributed by atoms with van der Waals surface area (Å²) in [6.45, 7) is 0. The number of aromatic nitrogens is 4. The van der Waals surface area contributed by atoms with Crippen LogP contribution >= 0.6 is 12.4 Å². The smallest absolute Gasteiger partial charge is 0.183 e. The van der Waals surface area contributed by atoms with E-state index in [9.17, 15) is 5.11 Å². The topological polar surface area (TPSA) is 101 Å². The van der Waals surface area contributed by atoms with Gasteiger partial charge in [0.1, 0.15) is 17.7 Å². The normalized spacial score (nSPS) is 22.9. The minimum atomic E-state index is -0.387. The van der Waals surface area contributed by atoms with Gasteiger partial charge in [0, 0.05) is 5.92 Å². The molecule has 0 saturated carbocycles. The number of hydrogen-bond acceptors (Lipinski definition) is 5. The molecular formula is C10H12ClN5O. The Morgan fingerprint density at radius 3 is 2.82 bits per heavy atom. The molecule has 0 aromatic carbocycles. The fourth-order valence-corrected chi connectivity index (χ4v) is 1.92. The van der Waals surface area contributed by atoms with Crippen LogP contribution in [0, 0.1) is 0 Å². The number of aromatic amines is 1. The molecular weight excluding hydrogens is 242 g/mol. The van der Waals surface area contributed by atoms with E-state index in [0.717, 1.165) is 5.82 Å². The number of nitrogens with two attached hydrogens (primary N) is 1. The van der Waals surface area contributed by atoms with E-state index in [1.807, 2.05) is 6.08 Å². The number of aliphatic hydroxyl groups is 1. The van der Waals surface area contributed by atoms with Crippen molar-refractivity contribution in [2.24, 2.45) is 0 Å². The summed E-state index contributed by atoms with van der Waals surface area (Å²) in [5.74, 6) is 1.27. The van der Waals surface area contributed by atoms with E-state index in [0.29, 0.717) is 23.4 Å². The highest BCUT2D eigenvalue weighted by molar-refractivity contribution is 5.85. The van der Waals surface area contributed by atoms with Gasteiger partial charge in [0.05, 0.1) is 6.10 Å². The number of halogens is 1. The van der Waals surface area contributed by atoms with Gasteiger partial charge < -0.3 is 15.8 Å². The number of nitrogens with zero attached hydrogens (tertiary/aromatic N) is 3. The van der Waals surface area contributed by atoms with Crippen LogP contribution in [-0.4, -0.2) is 31.1 Å². The zero-order valence-electron chi connectivity index (χ0n) is 8.87. The number of imidazole rings is 1. The van der Waals surface area contributed by atoms with Crippen LogP contribution in [0.5, 0.6) is 0 Å². The fraction of sp³-hybridized carbons (Fsp3) is 0.300. The van der Waals surface area contributed by atoms with Crippen molar-refractivity contribution < 1.29 is 5.11 Å². The van der Waals surface area contributed by atoms with Crippen LogP contribution in [-0.2, 0) is 0 Å². The number of allylic oxidation sites excluding steroid dienone is 1. The summed E-state index contributed by atoms with van der Waals surface area (Å²) < 4.78 is 0. The van der Waals surface area contributed by atoms with Crippen LogP contribution in [0.25, 0.3) is 11.2 Å². The Morgan fingerprint density at radius 2 is 2.18 bits per heavy atom. The van der Waals surface area contributed by atoms with Crippen molar-refractivity contribution in [2.45, 2.75) is 18.4 Å².